The average molecular weight is 497 g/mol. The molecule has 35 heavy (non-hydrogen) atoms. The van der Waals surface area contributed by atoms with Gasteiger partial charge in [-0.2, -0.15) is 0 Å². The molecule has 7 nitrogen and oxygen atoms in total. The molecule has 0 aliphatic rings. The lowest BCUT2D eigenvalue weighted by molar-refractivity contribution is -0.120. The van der Waals surface area contributed by atoms with Gasteiger partial charge >= 0.3 is 0 Å². The predicted molar refractivity (Wildman–Crippen MR) is 138 cm³/mol. The van der Waals surface area contributed by atoms with Crippen LogP contribution in [0.25, 0.3) is 0 Å². The molecule has 3 aromatic rings. The van der Waals surface area contributed by atoms with Crippen molar-refractivity contribution in [2.45, 2.75) is 32.9 Å². The fraction of sp³-hybridized carbons (Fsp3) is 0.296. The van der Waals surface area contributed by atoms with E-state index in [4.69, 9.17) is 9.47 Å². The first-order valence-electron chi connectivity index (χ1n) is 11.4. The quantitative estimate of drug-likeness (QED) is 0.419. The zero-order chi connectivity index (χ0) is 25.4. The highest BCUT2D eigenvalue weighted by atomic mass is 32.2. The summed E-state index contributed by atoms with van der Waals surface area (Å²) in [6.45, 7) is 3.98. The number of nitrogens with zero attached hydrogens (tertiary/aromatic N) is 1. The third-order valence-corrected chi connectivity index (χ3v) is 6.77. The van der Waals surface area contributed by atoms with Crippen molar-refractivity contribution in [2.24, 2.45) is 0 Å². The summed E-state index contributed by atoms with van der Waals surface area (Å²) < 4.78 is 37.2. The monoisotopic (exact) mass is 496 g/mol. The third-order valence-electron chi connectivity index (χ3n) is 5.63. The molecule has 0 saturated heterocycles. The van der Waals surface area contributed by atoms with Crippen LogP contribution in [0.4, 0.5) is 5.69 Å². The van der Waals surface area contributed by atoms with E-state index in [-0.39, 0.29) is 18.5 Å². The van der Waals surface area contributed by atoms with E-state index in [2.05, 4.69) is 5.32 Å². The lowest BCUT2D eigenvalue weighted by atomic mass is 10.0. The topological polar surface area (TPSA) is 84.9 Å². The van der Waals surface area contributed by atoms with E-state index in [0.29, 0.717) is 24.5 Å². The maximum absolute atomic E-state index is 12.9. The van der Waals surface area contributed by atoms with Crippen LogP contribution < -0.4 is 19.1 Å². The molecule has 0 fully saturated rings. The van der Waals surface area contributed by atoms with Crippen molar-refractivity contribution in [3.63, 3.8) is 0 Å². The van der Waals surface area contributed by atoms with E-state index in [1.807, 2.05) is 62.4 Å². The van der Waals surface area contributed by atoms with Gasteiger partial charge in [-0.25, -0.2) is 8.42 Å². The number of methoxy groups -OCH3 is 1. The van der Waals surface area contributed by atoms with Gasteiger partial charge in [0.05, 0.1) is 25.1 Å². The highest BCUT2D eigenvalue weighted by Gasteiger charge is 2.23. The first-order valence-corrected chi connectivity index (χ1v) is 13.2. The van der Waals surface area contributed by atoms with E-state index in [9.17, 15) is 13.2 Å². The number of nitrogens with one attached hydrogen (secondary N) is 1. The minimum absolute atomic E-state index is 0.248. The largest absolute Gasteiger partial charge is 0.496 e. The van der Waals surface area contributed by atoms with Crippen LogP contribution in [0.2, 0.25) is 0 Å². The number of hydrogen-bond acceptors (Lipinski definition) is 5. The SMILES string of the molecule is CC[C@@H](NC(=O)CN(c1ccc(OCc2ccccc2)cc1)S(C)(=O)=O)c1ccc(OC)c(C)c1. The predicted octanol–water partition coefficient (Wildman–Crippen LogP) is 4.62. The second-order valence-electron chi connectivity index (χ2n) is 8.30. The number of ether oxygens (including phenoxy) is 2. The van der Waals surface area contributed by atoms with E-state index in [1.165, 1.54) is 0 Å². The van der Waals surface area contributed by atoms with Gasteiger partial charge in [-0.1, -0.05) is 49.4 Å². The molecule has 0 saturated carbocycles. The van der Waals surface area contributed by atoms with Crippen molar-refractivity contribution >= 4 is 21.6 Å². The third kappa shape index (κ3) is 7.23. The molecule has 0 aliphatic carbocycles. The van der Waals surface area contributed by atoms with Crippen LogP contribution in [0.3, 0.4) is 0 Å². The highest BCUT2D eigenvalue weighted by molar-refractivity contribution is 7.92. The Kier molecular flexibility index (Phi) is 8.76. The Morgan fingerprint density at radius 3 is 2.29 bits per heavy atom. The lowest BCUT2D eigenvalue weighted by Crippen LogP contribution is -2.41. The van der Waals surface area contributed by atoms with Crippen LogP contribution in [-0.2, 0) is 21.4 Å². The molecule has 0 unspecified atom stereocenters. The summed E-state index contributed by atoms with van der Waals surface area (Å²) in [6, 6.07) is 21.9. The molecule has 8 heteroatoms. The molecule has 1 atom stereocenters. The Morgan fingerprint density at radius 1 is 1.03 bits per heavy atom. The number of rotatable bonds is 11. The van der Waals surface area contributed by atoms with Gasteiger partial charge in [0.2, 0.25) is 15.9 Å². The van der Waals surface area contributed by atoms with Crippen molar-refractivity contribution in [3.05, 3.63) is 89.5 Å². The van der Waals surface area contributed by atoms with Crippen LogP contribution >= 0.6 is 0 Å². The zero-order valence-electron chi connectivity index (χ0n) is 20.5. The molecule has 3 rings (SSSR count). The van der Waals surface area contributed by atoms with Crippen molar-refractivity contribution in [3.8, 4) is 11.5 Å². The smallest absolute Gasteiger partial charge is 0.241 e. The fourth-order valence-corrected chi connectivity index (χ4v) is 4.62. The number of hydrogen-bond donors (Lipinski definition) is 1. The molecule has 186 valence electrons. The number of benzene rings is 3. The van der Waals surface area contributed by atoms with Crippen LogP contribution in [-0.4, -0.2) is 34.2 Å². The molecular weight excluding hydrogens is 464 g/mol. The Morgan fingerprint density at radius 2 is 1.71 bits per heavy atom. The minimum atomic E-state index is -3.69. The first-order chi connectivity index (χ1) is 16.7. The van der Waals surface area contributed by atoms with Crippen molar-refractivity contribution < 1.29 is 22.7 Å². The molecule has 0 spiro atoms. The molecule has 0 heterocycles. The van der Waals surface area contributed by atoms with Crippen molar-refractivity contribution in [1.82, 2.24) is 5.32 Å². The van der Waals surface area contributed by atoms with Crippen LogP contribution in [0, 0.1) is 6.92 Å². The molecule has 3 aromatic carbocycles. The summed E-state index contributed by atoms with van der Waals surface area (Å²) in [4.78, 5) is 12.9. The molecular formula is C27H32N2O5S. The Hall–Kier alpha value is -3.52. The number of carbonyl (C=O) groups is 1. The van der Waals surface area contributed by atoms with Gasteiger partial charge < -0.3 is 14.8 Å². The van der Waals surface area contributed by atoms with Crippen molar-refractivity contribution in [1.29, 1.82) is 0 Å². The molecule has 1 N–H and O–H groups in total. The van der Waals surface area contributed by atoms with Gasteiger partial charge in [-0.3, -0.25) is 9.10 Å². The molecule has 0 bridgehead atoms. The number of anilines is 1. The maximum Gasteiger partial charge on any atom is 0.241 e. The van der Waals surface area contributed by atoms with Gasteiger partial charge in [0.1, 0.15) is 24.7 Å². The standard InChI is InChI=1S/C27H32N2O5S/c1-5-25(22-11-16-26(33-3)20(2)17-22)28-27(30)18-29(35(4,31)32)23-12-14-24(15-13-23)34-19-21-9-7-6-8-10-21/h6-17,25H,5,18-19H2,1-4H3,(H,28,30)/t25-/m1/s1. The van der Waals surface area contributed by atoms with Crippen LogP contribution in [0.5, 0.6) is 11.5 Å². The number of aryl methyl sites for hydroxylation is 1. The van der Waals surface area contributed by atoms with Crippen LogP contribution in [0.15, 0.2) is 72.8 Å². The molecule has 1 amide bonds. The fourth-order valence-electron chi connectivity index (χ4n) is 3.76. The van der Waals surface area contributed by atoms with E-state index in [0.717, 1.165) is 33.0 Å². The number of carbonyl (C=O) groups excluding carboxylic acids is 1. The summed E-state index contributed by atoms with van der Waals surface area (Å²) in [5.74, 6) is 0.992. The highest BCUT2D eigenvalue weighted by Crippen LogP contribution is 2.25. The maximum atomic E-state index is 12.9. The summed E-state index contributed by atoms with van der Waals surface area (Å²) in [6.07, 6.45) is 1.74. The van der Waals surface area contributed by atoms with Gasteiger partial charge in [-0.05, 0) is 60.4 Å². The summed E-state index contributed by atoms with van der Waals surface area (Å²) in [5, 5.41) is 2.96. The minimum Gasteiger partial charge on any atom is -0.496 e. The Balaban J connectivity index is 1.69. The summed E-state index contributed by atoms with van der Waals surface area (Å²) in [7, 11) is -2.07. The van der Waals surface area contributed by atoms with E-state index >= 15 is 0 Å². The van der Waals surface area contributed by atoms with Crippen molar-refractivity contribution in [2.75, 3.05) is 24.2 Å². The van der Waals surface area contributed by atoms with Gasteiger partial charge in [0.15, 0.2) is 0 Å². The molecule has 0 aromatic heterocycles. The summed E-state index contributed by atoms with van der Waals surface area (Å²) in [5.41, 5.74) is 3.32. The molecule has 0 radical (unpaired) electrons. The van der Waals surface area contributed by atoms with Gasteiger partial charge in [-0.15, -0.1) is 0 Å². The number of amides is 1. The zero-order valence-corrected chi connectivity index (χ0v) is 21.3. The Labute approximate surface area is 207 Å². The molecule has 0 aliphatic heterocycles. The summed E-state index contributed by atoms with van der Waals surface area (Å²) >= 11 is 0. The normalized spacial score (nSPS) is 12.0. The van der Waals surface area contributed by atoms with E-state index in [1.54, 1.807) is 31.4 Å². The van der Waals surface area contributed by atoms with E-state index < -0.39 is 10.0 Å². The lowest BCUT2D eigenvalue weighted by Gasteiger charge is -2.24. The van der Waals surface area contributed by atoms with Gasteiger partial charge in [0, 0.05) is 0 Å². The number of sulfonamides is 1. The van der Waals surface area contributed by atoms with Crippen LogP contribution in [0.1, 0.15) is 36.1 Å². The Bertz CT molecular complexity index is 1230. The second kappa shape index (κ2) is 11.8. The van der Waals surface area contributed by atoms with Gasteiger partial charge in [0.25, 0.3) is 0 Å². The second-order valence-corrected chi connectivity index (χ2v) is 10.2. The average Bonchev–Trinajstić information content (AvgIpc) is 2.85. The first kappa shape index (κ1) is 26.1.